The van der Waals surface area contributed by atoms with E-state index < -0.39 is 21.9 Å². The van der Waals surface area contributed by atoms with Crippen molar-refractivity contribution < 1.29 is 18.3 Å². The van der Waals surface area contributed by atoms with Gasteiger partial charge in [0, 0.05) is 11.0 Å². The molecule has 1 aromatic rings. The fraction of sp³-hybridized carbons (Fsp3) is 0.417. The van der Waals surface area contributed by atoms with Crippen LogP contribution in [0.25, 0.3) is 0 Å². The van der Waals surface area contributed by atoms with Crippen molar-refractivity contribution in [1.82, 2.24) is 4.72 Å². The van der Waals surface area contributed by atoms with Crippen molar-refractivity contribution >= 4 is 31.9 Å². The molecule has 0 aliphatic carbocycles. The van der Waals surface area contributed by atoms with Crippen molar-refractivity contribution in [3.8, 4) is 0 Å². The minimum absolute atomic E-state index is 0.114. The highest BCUT2D eigenvalue weighted by Gasteiger charge is 2.24. The predicted molar refractivity (Wildman–Crippen MR) is 75.3 cm³/mol. The van der Waals surface area contributed by atoms with Gasteiger partial charge in [0.15, 0.2) is 0 Å². The highest BCUT2D eigenvalue weighted by molar-refractivity contribution is 9.10. The Morgan fingerprint density at radius 2 is 1.84 bits per heavy atom. The van der Waals surface area contributed by atoms with Gasteiger partial charge in [0.05, 0.1) is 10.8 Å². The van der Waals surface area contributed by atoms with E-state index in [-0.39, 0.29) is 17.4 Å². The molecule has 0 amide bonds. The summed E-state index contributed by atoms with van der Waals surface area (Å²) >= 11 is 3.22. The lowest BCUT2D eigenvalue weighted by atomic mass is 9.97. The van der Waals surface area contributed by atoms with E-state index in [1.165, 1.54) is 12.1 Å². The summed E-state index contributed by atoms with van der Waals surface area (Å²) in [5.41, 5.74) is 0. The van der Waals surface area contributed by atoms with Crippen LogP contribution in [-0.4, -0.2) is 26.0 Å². The molecule has 19 heavy (non-hydrogen) atoms. The summed E-state index contributed by atoms with van der Waals surface area (Å²) in [6, 6.07) is 6.15. The van der Waals surface area contributed by atoms with Crippen LogP contribution in [0.15, 0.2) is 33.6 Å². The largest absolute Gasteiger partial charge is 0.481 e. The van der Waals surface area contributed by atoms with E-state index in [1.54, 1.807) is 26.0 Å². The smallest absolute Gasteiger partial charge is 0.308 e. The summed E-state index contributed by atoms with van der Waals surface area (Å²) in [6.07, 6.45) is 0. The van der Waals surface area contributed by atoms with Gasteiger partial charge in [-0.1, -0.05) is 29.8 Å². The minimum Gasteiger partial charge on any atom is -0.481 e. The molecule has 1 aromatic carbocycles. The van der Waals surface area contributed by atoms with E-state index in [9.17, 15) is 13.2 Å². The maximum absolute atomic E-state index is 12.0. The zero-order valence-corrected chi connectivity index (χ0v) is 13.0. The number of hydrogen-bond acceptors (Lipinski definition) is 3. The Kier molecular flexibility index (Phi) is 5.51. The standard InChI is InChI=1S/C12H16BrNO4S/c1-8(2)11(12(15)16)7-14-19(17,18)10-5-3-9(13)4-6-10/h3-6,8,11,14H,7H2,1-2H3,(H,15,16). The molecule has 0 saturated heterocycles. The van der Waals surface area contributed by atoms with Gasteiger partial charge < -0.3 is 5.11 Å². The second-order valence-electron chi connectivity index (χ2n) is 4.49. The van der Waals surface area contributed by atoms with Crippen molar-refractivity contribution in [3.63, 3.8) is 0 Å². The van der Waals surface area contributed by atoms with Crippen LogP contribution in [0.1, 0.15) is 13.8 Å². The second-order valence-corrected chi connectivity index (χ2v) is 7.18. The average molecular weight is 350 g/mol. The van der Waals surface area contributed by atoms with Crippen molar-refractivity contribution in [2.75, 3.05) is 6.54 Å². The molecule has 0 heterocycles. The molecule has 0 aliphatic rings. The number of aliphatic carboxylic acids is 1. The van der Waals surface area contributed by atoms with Gasteiger partial charge in [0.2, 0.25) is 10.0 Å². The molecule has 0 radical (unpaired) electrons. The van der Waals surface area contributed by atoms with Gasteiger partial charge >= 0.3 is 5.97 Å². The summed E-state index contributed by atoms with van der Waals surface area (Å²) in [7, 11) is -3.67. The Morgan fingerprint density at radius 3 is 2.26 bits per heavy atom. The maximum Gasteiger partial charge on any atom is 0.308 e. The molecule has 2 N–H and O–H groups in total. The number of nitrogens with one attached hydrogen (secondary N) is 1. The SMILES string of the molecule is CC(C)C(CNS(=O)(=O)c1ccc(Br)cc1)C(=O)O. The number of hydrogen-bond donors (Lipinski definition) is 2. The van der Waals surface area contributed by atoms with Crippen LogP contribution < -0.4 is 4.72 Å². The third kappa shape index (κ3) is 4.59. The number of benzene rings is 1. The van der Waals surface area contributed by atoms with Crippen molar-refractivity contribution in [2.24, 2.45) is 11.8 Å². The van der Waals surface area contributed by atoms with E-state index in [2.05, 4.69) is 20.7 Å². The number of sulfonamides is 1. The van der Waals surface area contributed by atoms with E-state index >= 15 is 0 Å². The van der Waals surface area contributed by atoms with Gasteiger partial charge in [-0.2, -0.15) is 0 Å². The lowest BCUT2D eigenvalue weighted by Gasteiger charge is -2.16. The Morgan fingerprint density at radius 1 is 1.32 bits per heavy atom. The van der Waals surface area contributed by atoms with E-state index in [1.807, 2.05) is 0 Å². The number of carboxylic acid groups (broad SMARTS) is 1. The molecule has 1 unspecified atom stereocenters. The predicted octanol–water partition coefficient (Wildman–Crippen LogP) is 2.08. The molecule has 0 bridgehead atoms. The molecule has 0 aromatic heterocycles. The zero-order chi connectivity index (χ0) is 14.6. The lowest BCUT2D eigenvalue weighted by Crippen LogP contribution is -2.35. The lowest BCUT2D eigenvalue weighted by molar-refractivity contribution is -0.142. The van der Waals surface area contributed by atoms with Crippen LogP contribution in [0.4, 0.5) is 0 Å². The first kappa shape index (κ1) is 16.1. The Bertz CT molecular complexity index is 539. The molecule has 0 fully saturated rings. The first-order valence-corrected chi connectivity index (χ1v) is 7.99. The molecule has 0 saturated carbocycles. The van der Waals surface area contributed by atoms with Gasteiger partial charge in [-0.15, -0.1) is 0 Å². The van der Waals surface area contributed by atoms with E-state index in [4.69, 9.17) is 5.11 Å². The summed E-state index contributed by atoms with van der Waals surface area (Å²) in [5.74, 6) is -1.90. The first-order chi connectivity index (χ1) is 8.74. The Labute approximate surface area is 121 Å². The van der Waals surface area contributed by atoms with Gasteiger partial charge in [-0.25, -0.2) is 13.1 Å². The van der Waals surface area contributed by atoms with E-state index in [0.717, 1.165) is 4.47 Å². The summed E-state index contributed by atoms with van der Waals surface area (Å²) < 4.78 is 27.1. The summed E-state index contributed by atoms with van der Waals surface area (Å²) in [5, 5.41) is 9.01. The zero-order valence-electron chi connectivity index (χ0n) is 10.6. The third-order valence-electron chi connectivity index (χ3n) is 2.74. The fourth-order valence-corrected chi connectivity index (χ4v) is 2.83. The third-order valence-corrected chi connectivity index (χ3v) is 4.71. The number of carboxylic acids is 1. The Balaban J connectivity index is 2.80. The molecular formula is C12H16BrNO4S. The monoisotopic (exact) mass is 349 g/mol. The van der Waals surface area contributed by atoms with Crippen molar-refractivity contribution in [3.05, 3.63) is 28.7 Å². The van der Waals surface area contributed by atoms with Crippen LogP contribution in [0.3, 0.4) is 0 Å². The number of halogens is 1. The number of rotatable bonds is 6. The van der Waals surface area contributed by atoms with Crippen LogP contribution in [0.2, 0.25) is 0 Å². The molecular weight excluding hydrogens is 334 g/mol. The molecule has 0 aliphatic heterocycles. The number of carbonyl (C=O) groups is 1. The Hall–Kier alpha value is -0.920. The molecule has 7 heteroatoms. The molecule has 5 nitrogen and oxygen atoms in total. The summed E-state index contributed by atoms with van der Waals surface area (Å²) in [4.78, 5) is 11.1. The van der Waals surface area contributed by atoms with Gasteiger partial charge in [-0.3, -0.25) is 4.79 Å². The normalized spacial score (nSPS) is 13.5. The highest BCUT2D eigenvalue weighted by Crippen LogP contribution is 2.16. The minimum atomic E-state index is -3.67. The first-order valence-electron chi connectivity index (χ1n) is 5.72. The van der Waals surface area contributed by atoms with Gasteiger partial charge in [0.25, 0.3) is 0 Å². The quantitative estimate of drug-likeness (QED) is 0.823. The van der Waals surface area contributed by atoms with Crippen molar-refractivity contribution in [1.29, 1.82) is 0 Å². The van der Waals surface area contributed by atoms with Crippen LogP contribution in [0.5, 0.6) is 0 Å². The molecule has 106 valence electrons. The topological polar surface area (TPSA) is 83.5 Å². The van der Waals surface area contributed by atoms with Crippen LogP contribution in [-0.2, 0) is 14.8 Å². The molecule has 0 spiro atoms. The fourth-order valence-electron chi connectivity index (χ4n) is 1.50. The second kappa shape index (κ2) is 6.49. The summed E-state index contributed by atoms with van der Waals surface area (Å²) in [6.45, 7) is 3.37. The maximum atomic E-state index is 12.0. The highest BCUT2D eigenvalue weighted by atomic mass is 79.9. The van der Waals surface area contributed by atoms with E-state index in [0.29, 0.717) is 0 Å². The average Bonchev–Trinajstić information content (AvgIpc) is 2.28. The van der Waals surface area contributed by atoms with Crippen LogP contribution in [0, 0.1) is 11.8 Å². The molecule has 1 atom stereocenters. The molecule has 1 rings (SSSR count). The van der Waals surface area contributed by atoms with Crippen LogP contribution >= 0.6 is 15.9 Å². The van der Waals surface area contributed by atoms with Gasteiger partial charge in [0.1, 0.15) is 0 Å². The van der Waals surface area contributed by atoms with Crippen molar-refractivity contribution in [2.45, 2.75) is 18.7 Å². The van der Waals surface area contributed by atoms with Gasteiger partial charge in [-0.05, 0) is 30.2 Å².